The summed E-state index contributed by atoms with van der Waals surface area (Å²) in [5.41, 5.74) is -1.14. The second-order valence-electron chi connectivity index (χ2n) is 31.5. The maximum absolute atomic E-state index is 15.7. The van der Waals surface area contributed by atoms with E-state index in [9.17, 15) is 55.1 Å². The molecule has 3 heterocycles. The molecule has 25 nitrogen and oxygen atoms in total. The van der Waals surface area contributed by atoms with Crippen LogP contribution in [0.1, 0.15) is 176 Å². The van der Waals surface area contributed by atoms with E-state index in [1.54, 1.807) is 40.7 Å². The van der Waals surface area contributed by atoms with E-state index >= 15 is 37.5 Å². The Morgan fingerprint density at radius 3 is 1.80 bits per heavy atom. The normalized spacial score (nSPS) is 31.9. The molecule has 0 radical (unpaired) electrons. The fourth-order valence-electron chi connectivity index (χ4n) is 17.2. The van der Waals surface area contributed by atoms with Gasteiger partial charge in [-0.3, -0.25) is 57.5 Å². The Kier molecular flexibility index (Phi) is 30.1. The number of nitrogens with one attached hydrogen (secondary N) is 3. The second-order valence-corrected chi connectivity index (χ2v) is 31.5. The van der Waals surface area contributed by atoms with Gasteiger partial charge in [-0.25, -0.2) is 8.78 Å². The predicted octanol–water partition coefficient (Wildman–Crippen LogP) is 6.10. The van der Waals surface area contributed by atoms with Crippen molar-refractivity contribution in [2.24, 2.45) is 35.5 Å². The van der Waals surface area contributed by atoms with Gasteiger partial charge in [0, 0.05) is 82.5 Å². The number of nitrogens with zero attached hydrogens (tertiary/aromatic N) is 9. The lowest BCUT2D eigenvalue weighted by molar-refractivity contribution is -0.219. The van der Waals surface area contributed by atoms with Crippen LogP contribution in [0.2, 0.25) is 0 Å². The first kappa shape index (κ1) is 87.0. The molecule has 2 unspecified atom stereocenters. The third kappa shape index (κ3) is 20.8. The van der Waals surface area contributed by atoms with Crippen molar-refractivity contribution in [3.8, 4) is 0 Å². The highest BCUT2D eigenvalue weighted by Gasteiger charge is 2.56. The van der Waals surface area contributed by atoms with Crippen molar-refractivity contribution >= 4 is 70.9 Å². The minimum atomic E-state index is -5.22. The molecule has 0 aromatic heterocycles. The van der Waals surface area contributed by atoms with Crippen LogP contribution in [0.5, 0.6) is 0 Å². The maximum Gasteiger partial charge on any atom is 0.397 e. The van der Waals surface area contributed by atoms with Crippen LogP contribution in [0.4, 0.5) is 35.1 Å². The summed E-state index contributed by atoms with van der Waals surface area (Å²) in [6.45, 7) is 6.44. The monoisotopic (exact) mass is 1530 g/mol. The fraction of sp³-hybridized carbons (Fsp3) is 0.811. The zero-order chi connectivity index (χ0) is 79.6. The van der Waals surface area contributed by atoms with Crippen LogP contribution in [0.25, 0.3) is 0 Å². The number of rotatable bonds is 12. The third-order valence-corrected chi connectivity index (χ3v) is 23.9. The molecule has 12 amide bonds. The van der Waals surface area contributed by atoms with Crippen molar-refractivity contribution in [3.05, 3.63) is 11.6 Å². The largest absolute Gasteiger partial charge is 0.397 e. The number of hydrogen-bond donors (Lipinski definition) is 3. The van der Waals surface area contributed by atoms with Gasteiger partial charge < -0.3 is 64.8 Å². The Labute approximate surface area is 623 Å². The van der Waals surface area contributed by atoms with Crippen LogP contribution in [0, 0.1) is 35.5 Å². The number of carbonyl (C=O) groups excluding carboxylic acids is 12. The average molecular weight is 1530 g/mol. The van der Waals surface area contributed by atoms with Gasteiger partial charge in [-0.1, -0.05) is 64.5 Å². The number of hydrogen-bond acceptors (Lipinski definition) is 13. The van der Waals surface area contributed by atoms with E-state index in [2.05, 4.69) is 16.0 Å². The summed E-state index contributed by atoms with van der Waals surface area (Å²) in [7, 11) is 10.8. The molecule has 2 saturated heterocycles. The highest BCUT2D eigenvalue weighted by molar-refractivity contribution is 6.01. The molecule has 33 heteroatoms. The van der Waals surface area contributed by atoms with Gasteiger partial charge in [0.15, 0.2) is 0 Å². The highest BCUT2D eigenvalue weighted by atomic mass is 19.4. The van der Waals surface area contributed by atoms with Crippen LogP contribution < -0.4 is 16.0 Å². The molecule has 4 aliphatic carbocycles. The number of likely N-dealkylation sites (N-methyl/N-ethyl adjacent to an activating group) is 7. The average Bonchev–Trinajstić information content (AvgIpc) is 1.72. The molecule has 1 spiro atoms. The molecule has 0 aromatic rings. The summed E-state index contributed by atoms with van der Waals surface area (Å²) in [6.07, 6.45) is -14.7. The molecule has 2 bridgehead atoms. The molecule has 107 heavy (non-hydrogen) atoms. The quantitative estimate of drug-likeness (QED) is 0.147. The number of carbonyl (C=O) groups is 12. The molecule has 0 aromatic carbocycles. The van der Waals surface area contributed by atoms with Crippen LogP contribution in [-0.2, 0) is 62.3 Å². The van der Waals surface area contributed by atoms with Crippen molar-refractivity contribution in [3.63, 3.8) is 0 Å². The number of amides is 12. The molecule has 604 valence electrons. The molecule has 12 atom stereocenters. The van der Waals surface area contributed by atoms with Gasteiger partial charge in [0.2, 0.25) is 70.9 Å². The molecule has 7 rings (SSSR count). The minimum Gasteiger partial charge on any atom is -0.377 e. The van der Waals surface area contributed by atoms with Crippen LogP contribution >= 0.6 is 0 Å². The number of halogens is 8. The molecule has 3 N–H and O–H groups in total. The summed E-state index contributed by atoms with van der Waals surface area (Å²) in [5, 5.41) is 8.41. The van der Waals surface area contributed by atoms with E-state index < -0.39 is 230 Å². The standard InChI is InChI=1S/C74H114F8N12O13/c1-14-43(5)61-69(104)88(9)41-59(97)90(11)54-33-42(4)29-32-93(68(54)103)56(36-44-23-26-47(27-24-44)73(77,78)79)67(102)87(8)40-57(95)83-51(28-25-45-34-49(75)60(50(76)35-45)74(80,81)82)65(100)94-39-48(107-16-3)37-53(94)64(99)85-72(30-19-20-31-72)71(106)92(13)62(46-21-17-18-22-46)70(105)91(12)55(66(101)86(6)7)38-58(96)89(10)52(15-2)63(98)84-61/h29,43-56,60-62H,14-28,30-41H2,1-13H3,(H,83,95)(H,84,98)(H,85,99)/t43-,44?,45?,47?,48+,49?,50?,51-,52-,53-,54-,55-,56-,60?,61-,62-/m0/s1. The number of ether oxygens (including phenoxy) is 1. The topological polar surface area (TPSA) is 279 Å². The molecule has 6 fully saturated rings. The van der Waals surface area contributed by atoms with E-state index in [1.165, 1.54) is 71.1 Å². The summed E-state index contributed by atoms with van der Waals surface area (Å²) in [5.74, 6) is -16.8. The molecular weight excluding hydrogens is 1420 g/mol. The fourth-order valence-corrected chi connectivity index (χ4v) is 17.2. The van der Waals surface area contributed by atoms with Crippen LogP contribution in [0.15, 0.2) is 11.6 Å². The van der Waals surface area contributed by atoms with E-state index in [1.807, 2.05) is 0 Å². The lowest BCUT2D eigenvalue weighted by atomic mass is 9.76. The van der Waals surface area contributed by atoms with E-state index in [-0.39, 0.29) is 90.3 Å². The van der Waals surface area contributed by atoms with Crippen molar-refractivity contribution in [1.82, 2.24) is 60.0 Å². The van der Waals surface area contributed by atoms with Crippen molar-refractivity contribution < 1.29 is 97.4 Å². The van der Waals surface area contributed by atoms with Crippen LogP contribution in [-0.4, -0.2) is 289 Å². The minimum absolute atomic E-state index is 0.00321. The van der Waals surface area contributed by atoms with Gasteiger partial charge in [0.25, 0.3) is 0 Å². The van der Waals surface area contributed by atoms with Crippen molar-refractivity contribution in [2.45, 2.75) is 261 Å². The predicted molar refractivity (Wildman–Crippen MR) is 377 cm³/mol. The third-order valence-electron chi connectivity index (χ3n) is 23.9. The maximum atomic E-state index is 15.7. The molecule has 7 aliphatic rings. The van der Waals surface area contributed by atoms with Gasteiger partial charge in [-0.2, -0.15) is 26.3 Å². The van der Waals surface area contributed by atoms with Gasteiger partial charge in [-0.05, 0) is 134 Å². The zero-order valence-electron chi connectivity index (χ0n) is 64.3. The summed E-state index contributed by atoms with van der Waals surface area (Å²) in [6, 6.07) is -11.4. The summed E-state index contributed by atoms with van der Waals surface area (Å²) < 4.78 is 121. The Hall–Kier alpha value is -7.22. The lowest BCUT2D eigenvalue weighted by Gasteiger charge is -2.42. The van der Waals surface area contributed by atoms with Crippen molar-refractivity contribution in [2.75, 3.05) is 89.2 Å². The van der Waals surface area contributed by atoms with Gasteiger partial charge in [0.1, 0.15) is 72.1 Å². The number of fused-ring (bicyclic) bond motifs is 3. The van der Waals surface area contributed by atoms with Gasteiger partial charge in [0.05, 0.1) is 31.5 Å². The summed E-state index contributed by atoms with van der Waals surface area (Å²) >= 11 is 0. The molecule has 4 saturated carbocycles. The Morgan fingerprint density at radius 1 is 0.636 bits per heavy atom. The van der Waals surface area contributed by atoms with Crippen molar-refractivity contribution in [1.29, 1.82) is 0 Å². The smallest absolute Gasteiger partial charge is 0.377 e. The Morgan fingerprint density at radius 2 is 1.24 bits per heavy atom. The SMILES string of the molecule is CCO[C@@H]1C[C@H]2C(=O)NC3(CCCC3)C(=O)N(C)[C@@H](C3CCCC3)C(=O)N(C)[C@H](C(=O)N(C)C)CC(=O)N(C)[C@@H](CC)C(=O)N[C@@H]([C@@H](C)CC)C(=O)N(C)CC(=O)N(C)[C@H]3CC(C)=CCN(C3=O)[C@@H](CC3CCC(C(F)(F)F)CC3)C(=O)N(C)CC(=O)N[C@@H](CCC3CC(F)C(C(F)(F)F)C(F)C3)C(=O)N2C1. The van der Waals surface area contributed by atoms with Gasteiger partial charge >= 0.3 is 12.4 Å². The van der Waals surface area contributed by atoms with E-state index in [4.69, 9.17) is 4.74 Å². The molecule has 3 aliphatic heterocycles. The number of alkyl halides is 8. The Bertz CT molecular complexity index is 3220. The first-order chi connectivity index (χ1) is 50.1. The summed E-state index contributed by atoms with van der Waals surface area (Å²) in [4.78, 5) is 191. The Balaban J connectivity index is 1.32. The van der Waals surface area contributed by atoms with E-state index in [0.717, 1.165) is 29.4 Å². The first-order valence-electron chi connectivity index (χ1n) is 38.1. The second kappa shape index (κ2) is 37.0. The van der Waals surface area contributed by atoms with Gasteiger partial charge in [-0.15, -0.1) is 0 Å². The van der Waals surface area contributed by atoms with Crippen LogP contribution in [0.3, 0.4) is 0 Å². The lowest BCUT2D eigenvalue weighted by Crippen LogP contribution is -2.65. The molecular formula is C74H114F8N12O13. The highest BCUT2D eigenvalue weighted by Crippen LogP contribution is 2.46. The van der Waals surface area contributed by atoms with E-state index in [0.29, 0.717) is 50.5 Å². The zero-order valence-corrected chi connectivity index (χ0v) is 64.3. The first-order valence-corrected chi connectivity index (χ1v) is 38.1.